The molecular formula is C22H20BrClN2O3. The summed E-state index contributed by atoms with van der Waals surface area (Å²) in [4.78, 5) is 17.5. The maximum Gasteiger partial charge on any atom is 0.256 e. The van der Waals surface area contributed by atoms with E-state index in [1.807, 2.05) is 43.3 Å². The van der Waals surface area contributed by atoms with Gasteiger partial charge in [-0.05, 0) is 61.7 Å². The molecule has 1 N–H and O–H groups in total. The SMILES string of the molecule is Cc1ccc(N=c2oc3ccc(Br)cc3cc2C(=O)NC[C@@H]2CCCO2)c(Cl)c1. The Morgan fingerprint density at radius 1 is 1.28 bits per heavy atom. The van der Waals surface area contributed by atoms with Crippen LogP contribution < -0.4 is 10.9 Å². The van der Waals surface area contributed by atoms with Gasteiger partial charge in [0.15, 0.2) is 0 Å². The minimum Gasteiger partial charge on any atom is -0.438 e. The molecular weight excluding hydrogens is 456 g/mol. The van der Waals surface area contributed by atoms with Gasteiger partial charge in [0, 0.05) is 23.0 Å². The first-order valence-electron chi connectivity index (χ1n) is 9.44. The summed E-state index contributed by atoms with van der Waals surface area (Å²) in [6.07, 6.45) is 2.02. The molecule has 1 atom stereocenters. The number of fused-ring (bicyclic) bond motifs is 1. The maximum atomic E-state index is 12.9. The van der Waals surface area contributed by atoms with Crippen LogP contribution in [0.3, 0.4) is 0 Å². The molecule has 0 saturated carbocycles. The Balaban J connectivity index is 1.78. The van der Waals surface area contributed by atoms with Crippen LogP contribution in [0.1, 0.15) is 28.8 Å². The van der Waals surface area contributed by atoms with Gasteiger partial charge in [-0.3, -0.25) is 4.79 Å². The van der Waals surface area contributed by atoms with Crippen molar-refractivity contribution in [3.63, 3.8) is 0 Å². The minimum atomic E-state index is -0.256. The van der Waals surface area contributed by atoms with E-state index in [1.165, 1.54) is 0 Å². The van der Waals surface area contributed by atoms with Crippen LogP contribution in [0.25, 0.3) is 11.0 Å². The molecule has 2 aromatic carbocycles. The summed E-state index contributed by atoms with van der Waals surface area (Å²) >= 11 is 9.80. The van der Waals surface area contributed by atoms with Crippen LogP contribution >= 0.6 is 27.5 Å². The molecule has 0 aliphatic carbocycles. The highest BCUT2D eigenvalue weighted by Gasteiger charge is 2.19. The molecule has 7 heteroatoms. The summed E-state index contributed by atoms with van der Waals surface area (Å²) in [5.74, 6) is -0.256. The number of carbonyl (C=O) groups is 1. The third-order valence-corrected chi connectivity index (χ3v) is 5.59. The molecule has 1 aliphatic heterocycles. The van der Waals surface area contributed by atoms with Crippen LogP contribution in [0.2, 0.25) is 5.02 Å². The number of carbonyl (C=O) groups excluding carboxylic acids is 1. The average molecular weight is 476 g/mol. The van der Waals surface area contributed by atoms with E-state index in [9.17, 15) is 4.79 Å². The van der Waals surface area contributed by atoms with Gasteiger partial charge in [-0.1, -0.05) is 33.6 Å². The summed E-state index contributed by atoms with van der Waals surface area (Å²) in [5, 5.41) is 4.24. The Bertz CT molecular complexity index is 1140. The summed E-state index contributed by atoms with van der Waals surface area (Å²) in [6.45, 7) is 3.16. The first-order chi connectivity index (χ1) is 14.0. The largest absolute Gasteiger partial charge is 0.438 e. The fraction of sp³-hybridized carbons (Fsp3) is 0.273. The molecule has 4 rings (SSSR count). The number of ether oxygens (including phenoxy) is 1. The normalized spacial score (nSPS) is 17.1. The number of hydrogen-bond donors (Lipinski definition) is 1. The predicted octanol–water partition coefficient (Wildman–Crippen LogP) is 5.30. The zero-order valence-corrected chi connectivity index (χ0v) is 18.2. The molecule has 5 nitrogen and oxygen atoms in total. The number of nitrogens with zero attached hydrogens (tertiary/aromatic N) is 1. The molecule has 0 spiro atoms. The number of amides is 1. The van der Waals surface area contributed by atoms with Gasteiger partial charge in [0.1, 0.15) is 11.1 Å². The molecule has 0 radical (unpaired) electrons. The Morgan fingerprint density at radius 3 is 2.90 bits per heavy atom. The van der Waals surface area contributed by atoms with Gasteiger partial charge in [0.05, 0.1) is 16.8 Å². The van der Waals surface area contributed by atoms with Gasteiger partial charge < -0.3 is 14.5 Å². The summed E-state index contributed by atoms with van der Waals surface area (Å²) < 4.78 is 12.5. The Kier molecular flexibility index (Phi) is 6.04. The third-order valence-electron chi connectivity index (χ3n) is 4.79. The van der Waals surface area contributed by atoms with E-state index in [-0.39, 0.29) is 17.6 Å². The van der Waals surface area contributed by atoms with Crippen LogP contribution in [-0.2, 0) is 4.74 Å². The van der Waals surface area contributed by atoms with Crippen molar-refractivity contribution < 1.29 is 13.9 Å². The maximum absolute atomic E-state index is 12.9. The zero-order chi connectivity index (χ0) is 20.4. The highest BCUT2D eigenvalue weighted by atomic mass is 79.9. The van der Waals surface area contributed by atoms with Crippen LogP contribution in [0.5, 0.6) is 0 Å². The Morgan fingerprint density at radius 2 is 2.14 bits per heavy atom. The molecule has 1 amide bonds. The van der Waals surface area contributed by atoms with E-state index < -0.39 is 0 Å². The van der Waals surface area contributed by atoms with Crippen LogP contribution in [-0.4, -0.2) is 25.2 Å². The lowest BCUT2D eigenvalue weighted by atomic mass is 10.1. The first kappa shape index (κ1) is 20.1. The topological polar surface area (TPSA) is 63.8 Å². The second-order valence-electron chi connectivity index (χ2n) is 7.06. The van der Waals surface area contributed by atoms with Crippen molar-refractivity contribution in [2.24, 2.45) is 4.99 Å². The molecule has 0 unspecified atom stereocenters. The summed E-state index contributed by atoms with van der Waals surface area (Å²) in [5.41, 5.74) is 2.78. The Labute approximate surface area is 181 Å². The standard InChI is InChI=1S/C22H20BrClN2O3/c1-13-4-6-19(18(24)9-13)26-22-17(21(27)25-12-16-3-2-8-28-16)11-14-10-15(23)5-7-20(14)29-22/h4-7,9-11,16H,2-3,8,12H2,1H3,(H,25,27)/t16-/m0/s1. The lowest BCUT2D eigenvalue weighted by Gasteiger charge is -2.11. The molecule has 150 valence electrons. The molecule has 0 bridgehead atoms. The summed E-state index contributed by atoms with van der Waals surface area (Å²) in [7, 11) is 0. The number of nitrogens with one attached hydrogen (secondary N) is 1. The molecule has 3 aromatic rings. The molecule has 1 aromatic heterocycles. The van der Waals surface area contributed by atoms with E-state index in [0.29, 0.717) is 28.4 Å². The van der Waals surface area contributed by atoms with E-state index >= 15 is 0 Å². The van der Waals surface area contributed by atoms with Crippen molar-refractivity contribution in [1.82, 2.24) is 5.32 Å². The lowest BCUT2D eigenvalue weighted by molar-refractivity contribution is 0.0854. The van der Waals surface area contributed by atoms with Gasteiger partial charge in [0.25, 0.3) is 5.91 Å². The molecule has 1 aliphatic rings. The van der Waals surface area contributed by atoms with Crippen LogP contribution in [0, 0.1) is 6.92 Å². The van der Waals surface area contributed by atoms with Gasteiger partial charge >= 0.3 is 0 Å². The van der Waals surface area contributed by atoms with E-state index in [2.05, 4.69) is 26.2 Å². The van der Waals surface area contributed by atoms with Gasteiger partial charge in [-0.25, -0.2) is 4.99 Å². The second kappa shape index (κ2) is 8.69. The molecule has 1 fully saturated rings. The van der Waals surface area contributed by atoms with E-state index in [0.717, 1.165) is 34.9 Å². The molecule has 29 heavy (non-hydrogen) atoms. The monoisotopic (exact) mass is 474 g/mol. The smallest absolute Gasteiger partial charge is 0.256 e. The van der Waals surface area contributed by atoms with Crippen molar-refractivity contribution in [3.8, 4) is 0 Å². The van der Waals surface area contributed by atoms with Crippen molar-refractivity contribution in [2.45, 2.75) is 25.9 Å². The van der Waals surface area contributed by atoms with Gasteiger partial charge in [-0.15, -0.1) is 0 Å². The van der Waals surface area contributed by atoms with Crippen molar-refractivity contribution in [2.75, 3.05) is 13.2 Å². The third kappa shape index (κ3) is 4.71. The number of benzene rings is 2. The highest BCUT2D eigenvalue weighted by molar-refractivity contribution is 9.10. The van der Waals surface area contributed by atoms with Gasteiger partial charge in [0.2, 0.25) is 5.55 Å². The van der Waals surface area contributed by atoms with Gasteiger partial charge in [-0.2, -0.15) is 0 Å². The lowest BCUT2D eigenvalue weighted by Crippen LogP contribution is -2.34. The number of hydrogen-bond acceptors (Lipinski definition) is 4. The predicted molar refractivity (Wildman–Crippen MR) is 117 cm³/mol. The first-order valence-corrected chi connectivity index (χ1v) is 10.6. The average Bonchev–Trinajstić information content (AvgIpc) is 3.21. The van der Waals surface area contributed by atoms with Crippen molar-refractivity contribution >= 4 is 50.1 Å². The Hall–Kier alpha value is -2.15. The van der Waals surface area contributed by atoms with E-state index in [4.69, 9.17) is 20.8 Å². The number of rotatable bonds is 4. The fourth-order valence-corrected chi connectivity index (χ4v) is 3.92. The molecule has 1 saturated heterocycles. The molecule has 2 heterocycles. The van der Waals surface area contributed by atoms with Crippen LogP contribution in [0.15, 0.2) is 56.3 Å². The fourth-order valence-electron chi connectivity index (χ4n) is 3.27. The number of halogens is 2. The zero-order valence-electron chi connectivity index (χ0n) is 15.9. The quantitative estimate of drug-likeness (QED) is 0.557. The van der Waals surface area contributed by atoms with Crippen molar-refractivity contribution in [1.29, 1.82) is 0 Å². The van der Waals surface area contributed by atoms with Crippen LogP contribution in [0.4, 0.5) is 5.69 Å². The van der Waals surface area contributed by atoms with E-state index in [1.54, 1.807) is 6.07 Å². The van der Waals surface area contributed by atoms with Crippen molar-refractivity contribution in [3.05, 3.63) is 68.6 Å². The minimum absolute atomic E-state index is 0.0532. The summed E-state index contributed by atoms with van der Waals surface area (Å²) in [6, 6.07) is 13.0. The number of aryl methyl sites for hydroxylation is 1. The second-order valence-corrected chi connectivity index (χ2v) is 8.38. The highest BCUT2D eigenvalue weighted by Crippen LogP contribution is 2.26.